The number of amides is 3. The summed E-state index contributed by atoms with van der Waals surface area (Å²) in [5.41, 5.74) is -0.0311. The van der Waals surface area contributed by atoms with Crippen LogP contribution in [-0.4, -0.2) is 44.4 Å². The molecule has 40 heavy (non-hydrogen) atoms. The van der Waals surface area contributed by atoms with Crippen LogP contribution in [0.2, 0.25) is 0 Å². The number of H-pyrrole nitrogens is 1. The van der Waals surface area contributed by atoms with Gasteiger partial charge in [0.05, 0.1) is 22.4 Å². The number of benzene rings is 1. The van der Waals surface area contributed by atoms with Crippen LogP contribution in [0.3, 0.4) is 0 Å². The lowest BCUT2D eigenvalue weighted by Gasteiger charge is -2.42. The van der Waals surface area contributed by atoms with Gasteiger partial charge in [-0.3, -0.25) is 29.1 Å². The second kappa shape index (κ2) is 9.03. The Kier molecular flexibility index (Phi) is 5.76. The van der Waals surface area contributed by atoms with Crippen LogP contribution < -0.4 is 10.2 Å². The van der Waals surface area contributed by atoms with Crippen LogP contribution in [0.25, 0.3) is 0 Å². The van der Waals surface area contributed by atoms with E-state index in [2.05, 4.69) is 15.3 Å². The van der Waals surface area contributed by atoms with E-state index in [0.717, 1.165) is 43.8 Å². The molecule has 2 aliphatic carbocycles. The number of nitrogens with zero attached hydrogens (tertiary/aromatic N) is 2. The third-order valence-electron chi connectivity index (χ3n) is 8.63. The number of thiazole rings is 1. The van der Waals surface area contributed by atoms with Gasteiger partial charge in [0.15, 0.2) is 0 Å². The number of anilines is 1. The van der Waals surface area contributed by atoms with Crippen LogP contribution in [0.15, 0.2) is 58.6 Å². The first kappa shape index (κ1) is 25.5. The first-order valence-electron chi connectivity index (χ1n) is 12.7. The zero-order valence-corrected chi connectivity index (χ0v) is 22.2. The van der Waals surface area contributed by atoms with E-state index in [1.807, 2.05) is 12.1 Å². The molecular weight excluding hydrogens is 565 g/mol. The summed E-state index contributed by atoms with van der Waals surface area (Å²) >= 11 is 2.73. The van der Waals surface area contributed by atoms with Crippen molar-refractivity contribution in [2.75, 3.05) is 11.9 Å². The molecule has 0 radical (unpaired) electrons. The number of hydrogen-bond acceptors (Lipinski definition) is 7. The van der Waals surface area contributed by atoms with E-state index >= 15 is 0 Å². The molecule has 4 heterocycles. The number of carbonyl (C=O) groups is 3. The van der Waals surface area contributed by atoms with Gasteiger partial charge in [-0.1, -0.05) is 23.5 Å². The first-order chi connectivity index (χ1) is 19.1. The molecule has 0 spiro atoms. The van der Waals surface area contributed by atoms with E-state index < -0.39 is 47.8 Å². The number of imide groups is 1. The number of aromatic nitrogens is 2. The number of carbonyl (C=O) groups excluding carboxylic acids is 3. The molecule has 3 amide bonds. The maximum Gasteiger partial charge on any atom is 0.416 e. The summed E-state index contributed by atoms with van der Waals surface area (Å²) in [4.78, 5) is 61.2. The summed E-state index contributed by atoms with van der Waals surface area (Å²) in [5.74, 6) is -3.05. The fourth-order valence-corrected chi connectivity index (χ4v) is 10.2. The van der Waals surface area contributed by atoms with Gasteiger partial charge in [-0.15, -0.1) is 11.8 Å². The summed E-state index contributed by atoms with van der Waals surface area (Å²) in [6.07, 6.45) is -0.412. The third-order valence-corrected chi connectivity index (χ3v) is 11.2. The maximum absolute atomic E-state index is 13.6. The predicted molar refractivity (Wildman–Crippen MR) is 140 cm³/mol. The highest BCUT2D eigenvalue weighted by atomic mass is 32.2. The second-order valence-corrected chi connectivity index (χ2v) is 12.8. The van der Waals surface area contributed by atoms with E-state index in [1.54, 1.807) is 24.2 Å². The number of fused-ring (bicyclic) bond motifs is 9. The van der Waals surface area contributed by atoms with E-state index in [-0.39, 0.29) is 39.5 Å². The fourth-order valence-electron chi connectivity index (χ4n) is 7.28. The molecule has 2 saturated carbocycles. The first-order valence-corrected chi connectivity index (χ1v) is 14.4. The fraction of sp³-hybridized carbons (Fsp3) is 0.370. The van der Waals surface area contributed by atoms with Crippen LogP contribution in [0.5, 0.6) is 0 Å². The van der Waals surface area contributed by atoms with Gasteiger partial charge < -0.3 is 10.3 Å². The van der Waals surface area contributed by atoms with Crippen molar-refractivity contribution in [1.29, 1.82) is 0 Å². The Labute approximate surface area is 233 Å². The minimum absolute atomic E-state index is 0.00448. The van der Waals surface area contributed by atoms with Gasteiger partial charge in [0.2, 0.25) is 17.7 Å². The molecule has 1 saturated heterocycles. The Hall–Kier alpha value is -3.45. The molecule has 2 aromatic heterocycles. The van der Waals surface area contributed by atoms with Gasteiger partial charge in [-0.25, -0.2) is 0 Å². The number of nitrogens with one attached hydrogen (secondary N) is 2. The van der Waals surface area contributed by atoms with Gasteiger partial charge in [0, 0.05) is 34.1 Å². The molecule has 4 aliphatic rings. The zero-order valence-electron chi connectivity index (χ0n) is 20.6. The monoisotopic (exact) mass is 586 g/mol. The summed E-state index contributed by atoms with van der Waals surface area (Å²) in [6.45, 7) is -0.560. The summed E-state index contributed by atoms with van der Waals surface area (Å²) in [5, 5.41) is 3.19. The maximum atomic E-state index is 13.6. The van der Waals surface area contributed by atoms with Crippen molar-refractivity contribution in [3.05, 3.63) is 74.5 Å². The van der Waals surface area contributed by atoms with Crippen molar-refractivity contribution in [1.82, 2.24) is 14.9 Å². The van der Waals surface area contributed by atoms with E-state index in [4.69, 9.17) is 0 Å². The van der Waals surface area contributed by atoms with Crippen molar-refractivity contribution in [3.63, 3.8) is 0 Å². The van der Waals surface area contributed by atoms with Gasteiger partial charge in [-0.2, -0.15) is 13.2 Å². The molecule has 7 rings (SSSR count). The lowest BCUT2D eigenvalue weighted by Crippen LogP contribution is -2.42. The van der Waals surface area contributed by atoms with Crippen LogP contribution in [0, 0.1) is 29.6 Å². The highest BCUT2D eigenvalue weighted by molar-refractivity contribution is 8.00. The number of aromatic amines is 1. The normalized spacial score (nSPS) is 30.3. The lowest BCUT2D eigenvalue weighted by molar-refractivity contribution is -0.143. The van der Waals surface area contributed by atoms with Crippen molar-refractivity contribution >= 4 is 46.5 Å². The molecule has 3 fully saturated rings. The summed E-state index contributed by atoms with van der Waals surface area (Å²) in [7, 11) is 0. The van der Waals surface area contributed by atoms with Crippen LogP contribution >= 0.6 is 23.1 Å². The zero-order chi connectivity index (χ0) is 27.9. The minimum Gasteiger partial charge on any atom is -0.325 e. The van der Waals surface area contributed by atoms with Gasteiger partial charge in [0.1, 0.15) is 6.54 Å². The number of thioether (sulfide) groups is 1. The highest BCUT2D eigenvalue weighted by Crippen LogP contribution is 2.68. The Morgan fingerprint density at radius 2 is 1.88 bits per heavy atom. The molecule has 1 aromatic carbocycles. The third kappa shape index (κ3) is 3.85. The molecule has 7 atom stereocenters. The molecular formula is C27H21F3N4O4S2. The number of rotatable bonds is 4. The number of alkyl halides is 3. The topological polar surface area (TPSA) is 112 Å². The molecule has 206 valence electrons. The Morgan fingerprint density at radius 1 is 1.10 bits per heavy atom. The van der Waals surface area contributed by atoms with Crippen LogP contribution in [-0.2, 0) is 20.6 Å². The van der Waals surface area contributed by atoms with Gasteiger partial charge >= 0.3 is 11.0 Å². The number of likely N-dealkylation sites (tertiary alicyclic amines) is 1. The Bertz CT molecular complexity index is 1610. The molecule has 3 aromatic rings. The van der Waals surface area contributed by atoms with Crippen molar-refractivity contribution in [2.24, 2.45) is 29.6 Å². The molecule has 2 bridgehead atoms. The number of hydrogen-bond donors (Lipinski definition) is 2. The molecule has 2 aliphatic heterocycles. The quantitative estimate of drug-likeness (QED) is 0.448. The van der Waals surface area contributed by atoms with E-state index in [1.165, 1.54) is 12.1 Å². The standard InChI is InChI=1S/C27H21F3N4O4S2/c28-27(29,30)12-4-1-5-13(7-12)32-16(35)10-34-24(36)19-14-8-15(20(19)25(34)37)21-18(14)17(11-3-2-6-31-9-11)22-23(39-21)33-26(38)40-22/h1-7,9,14-15,17-21H,8,10H2,(H,32,35)(H,33,38). The van der Waals surface area contributed by atoms with Crippen molar-refractivity contribution in [3.8, 4) is 0 Å². The van der Waals surface area contributed by atoms with E-state index in [9.17, 15) is 32.3 Å². The number of pyridine rings is 1. The summed E-state index contributed by atoms with van der Waals surface area (Å²) < 4.78 is 39.2. The Balaban J connectivity index is 1.15. The van der Waals surface area contributed by atoms with Crippen LogP contribution in [0.4, 0.5) is 18.9 Å². The minimum atomic E-state index is -4.57. The SMILES string of the molecule is O=C(CN1C(=O)C2C3CC(C2C1=O)C1C(c2cccnc2)c2sc(=O)[nH]c2SC31)Nc1cccc(C(F)(F)F)c1. The average Bonchev–Trinajstić information content (AvgIpc) is 3.65. The van der Waals surface area contributed by atoms with Crippen molar-refractivity contribution in [2.45, 2.75) is 28.8 Å². The smallest absolute Gasteiger partial charge is 0.325 e. The van der Waals surface area contributed by atoms with Crippen LogP contribution in [0.1, 0.15) is 28.3 Å². The van der Waals surface area contributed by atoms with Gasteiger partial charge in [0.25, 0.3) is 0 Å². The second-order valence-electron chi connectivity index (χ2n) is 10.6. The largest absolute Gasteiger partial charge is 0.416 e. The van der Waals surface area contributed by atoms with Gasteiger partial charge in [-0.05, 0) is 54.0 Å². The van der Waals surface area contributed by atoms with Crippen molar-refractivity contribution < 1.29 is 27.6 Å². The molecule has 7 unspecified atom stereocenters. The number of halogens is 3. The molecule has 8 nitrogen and oxygen atoms in total. The lowest BCUT2D eigenvalue weighted by atomic mass is 9.68. The van der Waals surface area contributed by atoms with E-state index in [0.29, 0.717) is 6.42 Å². The highest BCUT2D eigenvalue weighted by Gasteiger charge is 2.69. The Morgan fingerprint density at radius 3 is 2.60 bits per heavy atom. The molecule has 2 N–H and O–H groups in total. The molecule has 13 heteroatoms. The predicted octanol–water partition coefficient (Wildman–Crippen LogP) is 3.96. The average molecular weight is 587 g/mol. The summed E-state index contributed by atoms with van der Waals surface area (Å²) in [6, 6.07) is 8.01.